The minimum atomic E-state index is 1.20. The Morgan fingerprint density at radius 1 is 0.522 bits per heavy atom. The summed E-state index contributed by atoms with van der Waals surface area (Å²) < 4.78 is 0. The Hall–Kier alpha value is -2.43. The van der Waals surface area contributed by atoms with Crippen molar-refractivity contribution in [3.63, 3.8) is 0 Å². The molecule has 1 heteroatoms. The third-order valence-electron chi connectivity index (χ3n) is 3.67. The second kappa shape index (κ2) is 7.72. The van der Waals surface area contributed by atoms with Crippen molar-refractivity contribution in [1.29, 1.82) is 0 Å². The van der Waals surface area contributed by atoms with E-state index in [1.807, 2.05) is 12.1 Å². The van der Waals surface area contributed by atoms with Gasteiger partial charge in [-0.1, -0.05) is 103 Å². The molecule has 0 fully saturated rings. The zero-order valence-electron chi connectivity index (χ0n) is 12.9. The van der Waals surface area contributed by atoms with Crippen LogP contribution in [0.5, 0.6) is 0 Å². The Balaban J connectivity index is 1.91. The van der Waals surface area contributed by atoms with Crippen molar-refractivity contribution < 1.29 is 0 Å². The average Bonchev–Trinajstić information content (AvgIpc) is 2.61. The van der Waals surface area contributed by atoms with Gasteiger partial charge in [-0.2, -0.15) is 0 Å². The van der Waals surface area contributed by atoms with Gasteiger partial charge in [-0.15, -0.1) is 9.24 Å². The smallest absolute Gasteiger partial charge is 0.0112 e. The lowest BCUT2D eigenvalue weighted by atomic mass is 10.0. The Morgan fingerprint density at radius 3 is 1.70 bits per heavy atom. The van der Waals surface area contributed by atoms with Crippen LogP contribution < -0.4 is 5.30 Å². The number of hydrogen-bond donors (Lipinski definition) is 0. The van der Waals surface area contributed by atoms with E-state index in [0.29, 0.717) is 0 Å². The van der Waals surface area contributed by atoms with Gasteiger partial charge in [-0.3, -0.25) is 0 Å². The van der Waals surface area contributed by atoms with E-state index in [-0.39, 0.29) is 0 Å². The first kappa shape index (κ1) is 15.5. The molecule has 0 N–H and O–H groups in total. The fraction of sp³-hybridized carbons (Fsp3) is 0. The summed E-state index contributed by atoms with van der Waals surface area (Å²) in [4.78, 5) is 0. The van der Waals surface area contributed by atoms with E-state index >= 15 is 0 Å². The molecule has 0 aliphatic carbocycles. The molecule has 0 nitrogen and oxygen atoms in total. The van der Waals surface area contributed by atoms with Gasteiger partial charge in [0.1, 0.15) is 0 Å². The van der Waals surface area contributed by atoms with Gasteiger partial charge in [0.05, 0.1) is 0 Å². The molecule has 23 heavy (non-hydrogen) atoms. The molecule has 3 aromatic rings. The fourth-order valence-electron chi connectivity index (χ4n) is 2.43. The molecule has 0 radical (unpaired) electrons. The Bertz CT molecular complexity index is 815. The van der Waals surface area contributed by atoms with Crippen LogP contribution in [0.15, 0.2) is 78.9 Å². The minimum Gasteiger partial charge on any atom is -0.105 e. The van der Waals surface area contributed by atoms with Crippen molar-refractivity contribution in [2.45, 2.75) is 0 Å². The van der Waals surface area contributed by atoms with Crippen LogP contribution in [0.2, 0.25) is 0 Å². The summed E-state index contributed by atoms with van der Waals surface area (Å²) in [5, 5.41) is 1.20. The average molecular weight is 314 g/mol. The number of benzene rings is 3. The number of hydrogen-bond acceptors (Lipinski definition) is 0. The van der Waals surface area contributed by atoms with Gasteiger partial charge in [0.15, 0.2) is 0 Å². The Labute approximate surface area is 140 Å². The second-order valence-corrected chi connectivity index (χ2v) is 5.96. The van der Waals surface area contributed by atoms with Crippen LogP contribution in [0.3, 0.4) is 0 Å². The van der Waals surface area contributed by atoms with Gasteiger partial charge >= 0.3 is 0 Å². The van der Waals surface area contributed by atoms with Crippen molar-refractivity contribution in [3.05, 3.63) is 101 Å². The maximum Gasteiger partial charge on any atom is -0.0112 e. The minimum absolute atomic E-state index is 1.20. The molecule has 3 rings (SSSR count). The largest absolute Gasteiger partial charge is 0.105 e. The van der Waals surface area contributed by atoms with E-state index in [2.05, 4.69) is 100 Å². The van der Waals surface area contributed by atoms with E-state index in [1.54, 1.807) is 0 Å². The third kappa shape index (κ3) is 4.28. The van der Waals surface area contributed by atoms with E-state index in [9.17, 15) is 0 Å². The summed E-state index contributed by atoms with van der Waals surface area (Å²) in [6, 6.07) is 27.1. The highest BCUT2D eigenvalue weighted by molar-refractivity contribution is 7.27. The van der Waals surface area contributed by atoms with Gasteiger partial charge in [0, 0.05) is 0 Å². The Kier molecular flexibility index (Phi) is 5.19. The van der Waals surface area contributed by atoms with Gasteiger partial charge in [-0.25, -0.2) is 0 Å². The van der Waals surface area contributed by atoms with Gasteiger partial charge in [0.25, 0.3) is 0 Å². The molecule has 0 amide bonds. The van der Waals surface area contributed by atoms with E-state index in [0.717, 1.165) is 0 Å². The lowest BCUT2D eigenvalue weighted by molar-refractivity contribution is 1.64. The molecule has 0 heterocycles. The van der Waals surface area contributed by atoms with Crippen molar-refractivity contribution in [1.82, 2.24) is 0 Å². The topological polar surface area (TPSA) is 0 Å². The summed E-state index contributed by atoms with van der Waals surface area (Å²) in [5.41, 5.74) is 4.86. The van der Waals surface area contributed by atoms with E-state index in [4.69, 9.17) is 0 Å². The molecule has 1 unspecified atom stereocenters. The summed E-state index contributed by atoms with van der Waals surface area (Å²) in [6.45, 7) is 0. The SMILES string of the molecule is Pc1cccc(C=Cc2ccccc2)c1C=Cc1ccccc1. The third-order valence-corrected chi connectivity index (χ3v) is 4.17. The number of rotatable bonds is 4. The summed E-state index contributed by atoms with van der Waals surface area (Å²) in [6.07, 6.45) is 8.66. The quantitative estimate of drug-likeness (QED) is 0.439. The normalized spacial score (nSPS) is 11.3. The maximum atomic E-state index is 2.83. The summed E-state index contributed by atoms with van der Waals surface area (Å²) in [7, 11) is 2.83. The molecule has 0 aromatic heterocycles. The summed E-state index contributed by atoms with van der Waals surface area (Å²) >= 11 is 0. The molecule has 0 saturated carbocycles. The monoisotopic (exact) mass is 314 g/mol. The van der Waals surface area contributed by atoms with Crippen LogP contribution in [-0.2, 0) is 0 Å². The first-order valence-electron chi connectivity index (χ1n) is 7.68. The van der Waals surface area contributed by atoms with Crippen molar-refractivity contribution >= 4 is 38.8 Å². The van der Waals surface area contributed by atoms with Crippen molar-refractivity contribution in [3.8, 4) is 0 Å². The predicted molar refractivity (Wildman–Crippen MR) is 107 cm³/mol. The lowest BCUT2D eigenvalue weighted by Gasteiger charge is -2.05. The van der Waals surface area contributed by atoms with Crippen LogP contribution in [0.25, 0.3) is 24.3 Å². The fourth-order valence-corrected chi connectivity index (χ4v) is 2.81. The zero-order valence-corrected chi connectivity index (χ0v) is 14.0. The standard InChI is InChI=1S/C22H19P/c23-22-13-7-12-20(16-14-18-8-3-1-4-9-18)21(22)17-15-19-10-5-2-6-11-19/h1-17H,23H2. The highest BCUT2D eigenvalue weighted by Crippen LogP contribution is 2.17. The zero-order chi connectivity index (χ0) is 15.9. The van der Waals surface area contributed by atoms with E-state index in [1.165, 1.54) is 27.6 Å². The van der Waals surface area contributed by atoms with Crippen LogP contribution in [0, 0.1) is 0 Å². The summed E-state index contributed by atoms with van der Waals surface area (Å²) in [5.74, 6) is 0. The van der Waals surface area contributed by atoms with Gasteiger partial charge in [-0.05, 0) is 27.6 Å². The first-order valence-corrected chi connectivity index (χ1v) is 8.25. The van der Waals surface area contributed by atoms with Crippen molar-refractivity contribution in [2.24, 2.45) is 0 Å². The molecule has 1 atom stereocenters. The van der Waals surface area contributed by atoms with Crippen molar-refractivity contribution in [2.75, 3.05) is 0 Å². The molecule has 0 spiro atoms. The van der Waals surface area contributed by atoms with Gasteiger partial charge in [0.2, 0.25) is 0 Å². The first-order chi connectivity index (χ1) is 11.3. The highest BCUT2D eigenvalue weighted by atomic mass is 31.0. The molecule has 112 valence electrons. The van der Waals surface area contributed by atoms with Crippen LogP contribution in [0.4, 0.5) is 0 Å². The lowest BCUT2D eigenvalue weighted by Crippen LogP contribution is -1.98. The highest BCUT2D eigenvalue weighted by Gasteiger charge is 2.00. The molecule has 3 aromatic carbocycles. The van der Waals surface area contributed by atoms with Gasteiger partial charge < -0.3 is 0 Å². The Morgan fingerprint density at radius 2 is 1.09 bits per heavy atom. The molecule has 0 aliphatic rings. The molecular formula is C22H19P. The van der Waals surface area contributed by atoms with Crippen LogP contribution >= 0.6 is 9.24 Å². The molecular weight excluding hydrogens is 295 g/mol. The molecule has 0 saturated heterocycles. The maximum absolute atomic E-state index is 2.83. The second-order valence-electron chi connectivity index (χ2n) is 5.34. The van der Waals surface area contributed by atoms with Crippen LogP contribution in [-0.4, -0.2) is 0 Å². The predicted octanol–water partition coefficient (Wildman–Crippen LogP) is 5.53. The molecule has 0 bridgehead atoms. The van der Waals surface area contributed by atoms with Crippen LogP contribution in [0.1, 0.15) is 22.3 Å². The van der Waals surface area contributed by atoms with E-state index < -0.39 is 0 Å². The molecule has 0 aliphatic heterocycles.